The number of hydrogen-bond donors (Lipinski definition) is 0. The fourth-order valence-electron chi connectivity index (χ4n) is 2.94. The molecule has 0 N–H and O–H groups in total. The molecule has 2 heterocycles. The number of nitrogens with zero attached hydrogens (tertiary/aromatic N) is 2. The van der Waals surface area contributed by atoms with Crippen LogP contribution in [0.2, 0.25) is 0 Å². The summed E-state index contributed by atoms with van der Waals surface area (Å²) in [5.74, 6) is -1.06. The van der Waals surface area contributed by atoms with Crippen LogP contribution in [-0.4, -0.2) is 46.4 Å². The smallest absolute Gasteiger partial charge is 0.329 e. The van der Waals surface area contributed by atoms with Gasteiger partial charge in [-0.3, -0.25) is 14.4 Å². The Morgan fingerprint density at radius 2 is 2.05 bits per heavy atom. The van der Waals surface area contributed by atoms with Crippen molar-refractivity contribution in [3.63, 3.8) is 0 Å². The van der Waals surface area contributed by atoms with E-state index in [0.717, 1.165) is 17.9 Å². The van der Waals surface area contributed by atoms with Crippen LogP contribution in [0.3, 0.4) is 0 Å². The Balaban J connectivity index is 2.31. The van der Waals surface area contributed by atoms with Crippen molar-refractivity contribution >= 4 is 17.8 Å². The summed E-state index contributed by atoms with van der Waals surface area (Å²) in [5.41, 5.74) is -1.10. The second kappa shape index (κ2) is 5.64. The molecule has 0 radical (unpaired) electrons. The van der Waals surface area contributed by atoms with Gasteiger partial charge in [0.25, 0.3) is 11.8 Å². The lowest BCUT2D eigenvalue weighted by Gasteiger charge is -2.36. The molecule has 0 aromatic rings. The lowest BCUT2D eigenvalue weighted by molar-refractivity contribution is -0.214. The van der Waals surface area contributed by atoms with Crippen molar-refractivity contribution in [2.24, 2.45) is 0 Å². The van der Waals surface area contributed by atoms with Gasteiger partial charge in [-0.1, -0.05) is 6.08 Å². The summed E-state index contributed by atoms with van der Waals surface area (Å²) in [7, 11) is 0. The summed E-state index contributed by atoms with van der Waals surface area (Å²) in [6, 6.07) is 0. The number of hydroxylamine groups is 2. The lowest BCUT2D eigenvalue weighted by atomic mass is 9.91. The highest BCUT2D eigenvalue weighted by Gasteiger charge is 2.54. The molecule has 6 heteroatoms. The minimum atomic E-state index is -1.10. The molecule has 1 atom stereocenters. The Morgan fingerprint density at radius 3 is 2.60 bits per heavy atom. The van der Waals surface area contributed by atoms with E-state index in [-0.39, 0.29) is 18.2 Å². The van der Waals surface area contributed by atoms with Gasteiger partial charge in [-0.15, -0.1) is 6.58 Å². The van der Waals surface area contributed by atoms with Gasteiger partial charge in [-0.05, 0) is 19.3 Å². The second-order valence-corrected chi connectivity index (χ2v) is 5.29. The van der Waals surface area contributed by atoms with Crippen LogP contribution in [0.5, 0.6) is 0 Å². The SMILES string of the molecule is C=CCC1(C(=O)N2CCCC2)CCC(=O)N1OC(C)=O. The largest absolute Gasteiger partial charge is 0.341 e. The maximum absolute atomic E-state index is 12.8. The number of amides is 2. The molecule has 2 saturated heterocycles. The highest BCUT2D eigenvalue weighted by molar-refractivity contribution is 5.95. The molecule has 0 spiro atoms. The summed E-state index contributed by atoms with van der Waals surface area (Å²) in [6.45, 7) is 6.28. The molecule has 6 nitrogen and oxygen atoms in total. The molecule has 1 unspecified atom stereocenters. The average Bonchev–Trinajstić information content (AvgIpc) is 3.02. The molecule has 0 aliphatic carbocycles. The summed E-state index contributed by atoms with van der Waals surface area (Å²) >= 11 is 0. The van der Waals surface area contributed by atoms with Gasteiger partial charge < -0.3 is 9.74 Å². The number of carbonyl (C=O) groups is 3. The molecule has 2 aliphatic rings. The third kappa shape index (κ3) is 2.42. The monoisotopic (exact) mass is 280 g/mol. The van der Waals surface area contributed by atoms with E-state index in [0.29, 0.717) is 25.9 Å². The molecule has 2 fully saturated rings. The van der Waals surface area contributed by atoms with Crippen LogP contribution in [0.25, 0.3) is 0 Å². The van der Waals surface area contributed by atoms with E-state index in [4.69, 9.17) is 4.84 Å². The highest BCUT2D eigenvalue weighted by Crippen LogP contribution is 2.36. The predicted octanol–water partition coefficient (Wildman–Crippen LogP) is 1.02. The van der Waals surface area contributed by atoms with Gasteiger partial charge in [0.05, 0.1) is 0 Å². The molecular weight excluding hydrogens is 260 g/mol. The number of carbonyl (C=O) groups excluding carboxylic acids is 3. The van der Waals surface area contributed by atoms with Crippen LogP contribution >= 0.6 is 0 Å². The lowest BCUT2D eigenvalue weighted by Crippen LogP contribution is -2.57. The van der Waals surface area contributed by atoms with Crippen molar-refractivity contribution in [3.8, 4) is 0 Å². The van der Waals surface area contributed by atoms with Crippen molar-refractivity contribution in [1.82, 2.24) is 9.96 Å². The molecule has 0 bridgehead atoms. The van der Waals surface area contributed by atoms with Crippen LogP contribution in [0.15, 0.2) is 12.7 Å². The average molecular weight is 280 g/mol. The van der Waals surface area contributed by atoms with Crippen molar-refractivity contribution in [2.75, 3.05) is 13.1 Å². The van der Waals surface area contributed by atoms with E-state index < -0.39 is 11.5 Å². The quantitative estimate of drug-likeness (QED) is 0.721. The van der Waals surface area contributed by atoms with E-state index >= 15 is 0 Å². The summed E-state index contributed by atoms with van der Waals surface area (Å²) < 4.78 is 0. The van der Waals surface area contributed by atoms with Crippen molar-refractivity contribution in [1.29, 1.82) is 0 Å². The first-order chi connectivity index (χ1) is 9.51. The predicted molar refractivity (Wildman–Crippen MR) is 71.2 cm³/mol. The van der Waals surface area contributed by atoms with Crippen molar-refractivity contribution < 1.29 is 19.2 Å². The standard InChI is InChI=1S/C14H20N2O4/c1-3-7-14(13(19)15-9-4-5-10-15)8-6-12(18)16(14)20-11(2)17/h3H,1,4-10H2,2H3. The van der Waals surface area contributed by atoms with Crippen molar-refractivity contribution in [2.45, 2.75) is 44.6 Å². The summed E-state index contributed by atoms with van der Waals surface area (Å²) in [4.78, 5) is 42.7. The van der Waals surface area contributed by atoms with Crippen molar-refractivity contribution in [3.05, 3.63) is 12.7 Å². The van der Waals surface area contributed by atoms with E-state index in [2.05, 4.69) is 6.58 Å². The maximum Gasteiger partial charge on any atom is 0.329 e. The Hall–Kier alpha value is -1.85. The van der Waals surface area contributed by atoms with Gasteiger partial charge in [0.1, 0.15) is 0 Å². The van der Waals surface area contributed by atoms with Crippen LogP contribution in [0.4, 0.5) is 0 Å². The molecule has 2 aliphatic heterocycles. The van der Waals surface area contributed by atoms with Gasteiger partial charge in [-0.2, -0.15) is 5.06 Å². The van der Waals surface area contributed by atoms with Crippen LogP contribution in [0.1, 0.15) is 39.0 Å². The van der Waals surface area contributed by atoms with Gasteiger partial charge >= 0.3 is 5.97 Å². The van der Waals surface area contributed by atoms with E-state index in [1.54, 1.807) is 11.0 Å². The third-order valence-corrected chi connectivity index (χ3v) is 3.86. The minimum absolute atomic E-state index is 0.137. The first-order valence-electron chi connectivity index (χ1n) is 6.93. The van der Waals surface area contributed by atoms with Gasteiger partial charge in [0.15, 0.2) is 5.54 Å². The second-order valence-electron chi connectivity index (χ2n) is 5.29. The number of rotatable bonds is 4. The molecule has 20 heavy (non-hydrogen) atoms. The maximum atomic E-state index is 12.8. The zero-order valence-electron chi connectivity index (χ0n) is 11.8. The van der Waals surface area contributed by atoms with Crippen LogP contribution in [-0.2, 0) is 19.2 Å². The van der Waals surface area contributed by atoms with Crippen LogP contribution in [0, 0.1) is 0 Å². The fraction of sp³-hybridized carbons (Fsp3) is 0.643. The summed E-state index contributed by atoms with van der Waals surface area (Å²) in [5, 5.41) is 0.984. The van der Waals surface area contributed by atoms with Gasteiger partial charge in [-0.25, -0.2) is 0 Å². The Kier molecular flexibility index (Phi) is 4.11. The topological polar surface area (TPSA) is 66.9 Å². The van der Waals surface area contributed by atoms with Gasteiger partial charge in [0.2, 0.25) is 0 Å². The minimum Gasteiger partial charge on any atom is -0.341 e. The molecule has 110 valence electrons. The van der Waals surface area contributed by atoms with Crippen LogP contribution < -0.4 is 0 Å². The van der Waals surface area contributed by atoms with E-state index in [9.17, 15) is 14.4 Å². The molecular formula is C14H20N2O4. The van der Waals surface area contributed by atoms with E-state index in [1.165, 1.54) is 6.92 Å². The molecule has 0 saturated carbocycles. The summed E-state index contributed by atoms with van der Waals surface area (Å²) in [6.07, 6.45) is 4.40. The fourth-order valence-corrected chi connectivity index (χ4v) is 2.94. The molecule has 0 aromatic heterocycles. The zero-order chi connectivity index (χ0) is 14.8. The molecule has 2 rings (SSSR count). The third-order valence-electron chi connectivity index (χ3n) is 3.86. The molecule has 0 aromatic carbocycles. The Labute approximate surface area is 118 Å². The first kappa shape index (κ1) is 14.6. The highest BCUT2D eigenvalue weighted by atomic mass is 16.7. The number of likely N-dealkylation sites (tertiary alicyclic amines) is 1. The zero-order valence-corrected chi connectivity index (χ0v) is 11.8. The first-order valence-corrected chi connectivity index (χ1v) is 6.93. The normalized spacial score (nSPS) is 25.9. The molecule has 2 amide bonds. The number of hydrogen-bond acceptors (Lipinski definition) is 4. The van der Waals surface area contributed by atoms with E-state index in [1.807, 2.05) is 0 Å². The van der Waals surface area contributed by atoms with Gasteiger partial charge in [0, 0.05) is 32.9 Å². The Morgan fingerprint density at radius 1 is 1.40 bits per heavy atom. The Bertz CT molecular complexity index is 442.